The van der Waals surface area contributed by atoms with Gasteiger partial charge in [0.2, 0.25) is 5.91 Å². The van der Waals surface area contributed by atoms with E-state index < -0.39 is 11.4 Å². The summed E-state index contributed by atoms with van der Waals surface area (Å²) in [5, 5.41) is 0. The Bertz CT molecular complexity index is 863. The van der Waals surface area contributed by atoms with Crippen LogP contribution in [-0.4, -0.2) is 25.5 Å². The van der Waals surface area contributed by atoms with Crippen molar-refractivity contribution in [3.05, 3.63) is 53.6 Å². The molecule has 29 heavy (non-hydrogen) atoms. The molecule has 2 rings (SSSR count). The van der Waals surface area contributed by atoms with E-state index in [1.165, 1.54) is 0 Å². The van der Waals surface area contributed by atoms with E-state index in [1.807, 2.05) is 45.9 Å². The number of carbonyl (C=O) groups excluding carboxylic acids is 2. The summed E-state index contributed by atoms with van der Waals surface area (Å²) in [7, 11) is 1.73. The Morgan fingerprint density at radius 1 is 1.03 bits per heavy atom. The van der Waals surface area contributed by atoms with Crippen molar-refractivity contribution >= 4 is 17.6 Å². The normalized spacial score (nSPS) is 11.3. The van der Waals surface area contributed by atoms with Gasteiger partial charge in [-0.25, -0.2) is 4.79 Å². The summed E-state index contributed by atoms with van der Waals surface area (Å²) in [5.41, 5.74) is 2.39. The summed E-state index contributed by atoms with van der Waals surface area (Å²) in [4.78, 5) is 26.2. The number of nitrogens with zero attached hydrogens (tertiary/aromatic N) is 1. The number of aryl methyl sites for hydroxylation is 1. The van der Waals surface area contributed by atoms with Gasteiger partial charge >= 0.3 is 5.97 Å². The maximum atomic E-state index is 12.4. The number of rotatable bonds is 6. The van der Waals surface area contributed by atoms with E-state index in [1.54, 1.807) is 36.2 Å². The van der Waals surface area contributed by atoms with Gasteiger partial charge in [-0.2, -0.15) is 0 Å². The molecule has 0 aliphatic carbocycles. The molecule has 0 atom stereocenters. The SMILES string of the molecule is Cc1ccc(C(C)C)c(OCC(=O)Oc2ccc(N(C)C(=O)C(C)(C)C)cc2)c1. The molecule has 0 radical (unpaired) electrons. The fourth-order valence-electron chi connectivity index (χ4n) is 2.90. The minimum Gasteiger partial charge on any atom is -0.482 e. The summed E-state index contributed by atoms with van der Waals surface area (Å²) < 4.78 is 11.1. The van der Waals surface area contributed by atoms with Crippen LogP contribution in [0.5, 0.6) is 11.5 Å². The van der Waals surface area contributed by atoms with Crippen molar-refractivity contribution in [3.8, 4) is 11.5 Å². The second kappa shape index (κ2) is 9.12. The summed E-state index contributed by atoms with van der Waals surface area (Å²) in [5.74, 6) is 0.937. The molecule has 0 spiro atoms. The third-order valence-electron chi connectivity index (χ3n) is 4.54. The number of esters is 1. The van der Waals surface area contributed by atoms with Crippen molar-refractivity contribution in [2.45, 2.75) is 47.5 Å². The smallest absolute Gasteiger partial charge is 0.349 e. The van der Waals surface area contributed by atoms with Crippen LogP contribution in [0.1, 0.15) is 51.7 Å². The summed E-state index contributed by atoms with van der Waals surface area (Å²) in [6.45, 7) is 11.6. The van der Waals surface area contributed by atoms with Crippen molar-refractivity contribution < 1.29 is 19.1 Å². The molecule has 0 saturated heterocycles. The van der Waals surface area contributed by atoms with E-state index in [2.05, 4.69) is 13.8 Å². The first-order chi connectivity index (χ1) is 13.5. The van der Waals surface area contributed by atoms with Gasteiger partial charge in [-0.05, 0) is 54.3 Å². The minimum absolute atomic E-state index is 0.00903. The molecular formula is C24H31NO4. The van der Waals surface area contributed by atoms with E-state index in [0.29, 0.717) is 17.4 Å². The van der Waals surface area contributed by atoms with Gasteiger partial charge in [-0.15, -0.1) is 0 Å². The van der Waals surface area contributed by atoms with Crippen LogP contribution in [0.15, 0.2) is 42.5 Å². The number of hydrogen-bond acceptors (Lipinski definition) is 4. The third kappa shape index (κ3) is 6.08. The zero-order valence-electron chi connectivity index (χ0n) is 18.4. The summed E-state index contributed by atoms with van der Waals surface area (Å²) in [6, 6.07) is 12.8. The van der Waals surface area contributed by atoms with Crippen LogP contribution in [-0.2, 0) is 9.59 Å². The standard InChI is InChI=1S/C24H31NO4/c1-16(2)20-13-8-17(3)14-21(20)28-15-22(26)29-19-11-9-18(10-12-19)25(7)23(27)24(4,5)6/h8-14,16H,15H2,1-7H3. The molecule has 0 saturated carbocycles. The van der Waals surface area contributed by atoms with Gasteiger partial charge in [-0.1, -0.05) is 46.8 Å². The Labute approximate surface area is 173 Å². The summed E-state index contributed by atoms with van der Waals surface area (Å²) >= 11 is 0. The van der Waals surface area contributed by atoms with Gasteiger partial charge in [0.25, 0.3) is 0 Å². The lowest BCUT2D eigenvalue weighted by Gasteiger charge is -2.26. The van der Waals surface area contributed by atoms with E-state index in [4.69, 9.17) is 9.47 Å². The zero-order chi connectivity index (χ0) is 21.8. The maximum absolute atomic E-state index is 12.4. The fourth-order valence-corrected chi connectivity index (χ4v) is 2.90. The molecule has 1 amide bonds. The monoisotopic (exact) mass is 397 g/mol. The molecule has 0 aliphatic rings. The van der Waals surface area contributed by atoms with Gasteiger partial charge in [0.05, 0.1) is 0 Å². The molecule has 5 heteroatoms. The molecule has 5 nitrogen and oxygen atoms in total. The predicted octanol–water partition coefficient (Wildman–Crippen LogP) is 5.11. The fraction of sp³-hybridized carbons (Fsp3) is 0.417. The molecule has 156 valence electrons. The number of anilines is 1. The van der Waals surface area contributed by atoms with Gasteiger partial charge < -0.3 is 14.4 Å². The van der Waals surface area contributed by atoms with Gasteiger partial charge in [0.1, 0.15) is 11.5 Å². The Kier molecular flexibility index (Phi) is 7.07. The highest BCUT2D eigenvalue weighted by atomic mass is 16.6. The first-order valence-corrected chi connectivity index (χ1v) is 9.81. The average Bonchev–Trinajstić information content (AvgIpc) is 2.65. The van der Waals surface area contributed by atoms with Gasteiger partial charge in [0.15, 0.2) is 6.61 Å². The third-order valence-corrected chi connectivity index (χ3v) is 4.54. The van der Waals surface area contributed by atoms with Gasteiger partial charge in [-0.3, -0.25) is 4.79 Å². The Morgan fingerprint density at radius 2 is 1.66 bits per heavy atom. The Balaban J connectivity index is 1.98. The van der Waals surface area contributed by atoms with E-state index in [-0.39, 0.29) is 12.5 Å². The molecule has 0 aliphatic heterocycles. The van der Waals surface area contributed by atoms with Crippen molar-refractivity contribution in [1.29, 1.82) is 0 Å². The molecule has 2 aromatic rings. The molecule has 0 bridgehead atoms. The van der Waals surface area contributed by atoms with Gasteiger partial charge in [0, 0.05) is 18.2 Å². The highest BCUT2D eigenvalue weighted by Gasteiger charge is 2.25. The predicted molar refractivity (Wildman–Crippen MR) is 116 cm³/mol. The van der Waals surface area contributed by atoms with E-state index in [9.17, 15) is 9.59 Å². The molecule has 0 unspecified atom stereocenters. The van der Waals surface area contributed by atoms with E-state index >= 15 is 0 Å². The van der Waals surface area contributed by atoms with Crippen molar-refractivity contribution in [3.63, 3.8) is 0 Å². The van der Waals surface area contributed by atoms with Crippen LogP contribution in [0.4, 0.5) is 5.69 Å². The number of hydrogen-bond donors (Lipinski definition) is 0. The number of benzene rings is 2. The van der Waals surface area contributed by atoms with Crippen molar-refractivity contribution in [1.82, 2.24) is 0 Å². The van der Waals surface area contributed by atoms with Crippen LogP contribution >= 0.6 is 0 Å². The highest BCUT2D eigenvalue weighted by Crippen LogP contribution is 2.28. The average molecular weight is 398 g/mol. The molecule has 0 fully saturated rings. The first kappa shape index (κ1) is 22.5. The largest absolute Gasteiger partial charge is 0.482 e. The second-order valence-electron chi connectivity index (χ2n) is 8.57. The number of carbonyl (C=O) groups is 2. The molecule has 0 heterocycles. The van der Waals surface area contributed by atoms with Crippen LogP contribution in [0.2, 0.25) is 0 Å². The minimum atomic E-state index is -0.479. The maximum Gasteiger partial charge on any atom is 0.349 e. The Hall–Kier alpha value is -2.82. The quantitative estimate of drug-likeness (QED) is 0.502. The number of amides is 1. The van der Waals surface area contributed by atoms with E-state index in [0.717, 1.165) is 16.8 Å². The lowest BCUT2D eigenvalue weighted by atomic mass is 9.95. The van der Waals surface area contributed by atoms with Crippen LogP contribution < -0.4 is 14.4 Å². The lowest BCUT2D eigenvalue weighted by Crippen LogP contribution is -2.36. The van der Waals surface area contributed by atoms with Crippen LogP contribution in [0.25, 0.3) is 0 Å². The highest BCUT2D eigenvalue weighted by molar-refractivity contribution is 5.96. The molecule has 0 N–H and O–H groups in total. The number of ether oxygens (including phenoxy) is 2. The van der Waals surface area contributed by atoms with Crippen molar-refractivity contribution in [2.75, 3.05) is 18.6 Å². The lowest BCUT2D eigenvalue weighted by molar-refractivity contribution is -0.136. The Morgan fingerprint density at radius 3 is 2.21 bits per heavy atom. The molecule has 0 aromatic heterocycles. The molecule has 2 aromatic carbocycles. The zero-order valence-corrected chi connectivity index (χ0v) is 18.4. The second-order valence-corrected chi connectivity index (χ2v) is 8.57. The molecular weight excluding hydrogens is 366 g/mol. The van der Waals surface area contributed by atoms with Crippen LogP contribution in [0, 0.1) is 12.3 Å². The van der Waals surface area contributed by atoms with Crippen molar-refractivity contribution in [2.24, 2.45) is 5.41 Å². The topological polar surface area (TPSA) is 55.8 Å². The summed E-state index contributed by atoms with van der Waals surface area (Å²) in [6.07, 6.45) is 0. The van der Waals surface area contributed by atoms with Crippen LogP contribution in [0.3, 0.4) is 0 Å². The first-order valence-electron chi connectivity index (χ1n) is 9.81.